The van der Waals surface area contributed by atoms with Crippen LogP contribution in [0.25, 0.3) is 35.7 Å². The maximum Gasteiger partial charge on any atom is 0.258 e. The minimum atomic E-state index is -0.267. The number of carbonyl (C=O) groups excluding carboxylic acids is 2. The fourth-order valence-electron chi connectivity index (χ4n) is 4.26. The largest absolute Gasteiger partial charge is 0.321 e. The number of benzene rings is 2. The highest BCUT2D eigenvalue weighted by Crippen LogP contribution is 2.37. The number of thiophene rings is 2. The molecule has 0 unspecified atom stereocenters. The molecule has 4 heterocycles. The van der Waals surface area contributed by atoms with Crippen LogP contribution in [-0.2, 0) is 9.59 Å². The first-order valence-corrected chi connectivity index (χ1v) is 13.2. The highest BCUT2D eigenvalue weighted by molar-refractivity contribution is 7.11. The molecule has 4 nitrogen and oxygen atoms in total. The molecule has 0 aliphatic carbocycles. The molecule has 36 heavy (non-hydrogen) atoms. The summed E-state index contributed by atoms with van der Waals surface area (Å²) >= 11 is 3.37. The number of amides is 2. The second-order valence-electron chi connectivity index (χ2n) is 8.35. The Kier molecular flexibility index (Phi) is 5.81. The summed E-state index contributed by atoms with van der Waals surface area (Å²) in [7, 11) is 0. The van der Waals surface area contributed by atoms with E-state index in [0.29, 0.717) is 22.5 Å². The Morgan fingerprint density at radius 1 is 0.528 bits per heavy atom. The van der Waals surface area contributed by atoms with Crippen molar-refractivity contribution in [2.24, 2.45) is 0 Å². The highest BCUT2D eigenvalue weighted by Gasteiger charge is 2.40. The van der Waals surface area contributed by atoms with Crippen molar-refractivity contribution in [1.29, 1.82) is 0 Å². The fraction of sp³-hybridized carbons (Fsp3) is 0. The maximum absolute atomic E-state index is 12.9. The zero-order valence-corrected chi connectivity index (χ0v) is 20.7. The average Bonchev–Trinajstić information content (AvgIpc) is 3.70. The van der Waals surface area contributed by atoms with Gasteiger partial charge in [0.05, 0.1) is 22.5 Å². The van der Waals surface area contributed by atoms with Crippen molar-refractivity contribution in [3.05, 3.63) is 127 Å². The summed E-state index contributed by atoms with van der Waals surface area (Å²) in [4.78, 5) is 28.3. The lowest BCUT2D eigenvalue weighted by Gasteiger charge is -2.08. The minimum Gasteiger partial charge on any atom is -0.321 e. The zero-order valence-electron chi connectivity index (χ0n) is 19.0. The molecule has 6 heteroatoms. The van der Waals surface area contributed by atoms with Crippen LogP contribution in [0.2, 0.25) is 0 Å². The molecule has 0 radical (unpaired) electrons. The third kappa shape index (κ3) is 4.28. The molecule has 2 aromatic carbocycles. The lowest BCUT2D eigenvalue weighted by atomic mass is 10.0. The summed E-state index contributed by atoms with van der Waals surface area (Å²) < 4.78 is 0. The van der Waals surface area contributed by atoms with E-state index in [4.69, 9.17) is 0 Å². The summed E-state index contributed by atoms with van der Waals surface area (Å²) in [6.45, 7) is 0. The molecule has 4 aromatic rings. The number of hydrogen-bond acceptors (Lipinski definition) is 4. The Labute approximate surface area is 216 Å². The molecule has 2 aromatic heterocycles. The number of fused-ring (bicyclic) bond motifs is 1. The number of nitrogens with one attached hydrogen (secondary N) is 2. The van der Waals surface area contributed by atoms with Crippen LogP contribution in [0.1, 0.15) is 32.0 Å². The van der Waals surface area contributed by atoms with Crippen molar-refractivity contribution < 1.29 is 9.59 Å². The van der Waals surface area contributed by atoms with Crippen molar-refractivity contribution in [3.63, 3.8) is 0 Å². The predicted octanol–water partition coefficient (Wildman–Crippen LogP) is 6.53. The zero-order chi connectivity index (χ0) is 24.5. The molecule has 2 aliphatic heterocycles. The van der Waals surface area contributed by atoms with Gasteiger partial charge in [0.1, 0.15) is 0 Å². The molecule has 0 spiro atoms. The summed E-state index contributed by atoms with van der Waals surface area (Å²) in [5, 5.41) is 9.93. The molecule has 6 rings (SSSR count). The summed E-state index contributed by atoms with van der Waals surface area (Å²) in [6.07, 6.45) is 8.23. The maximum atomic E-state index is 12.9. The topological polar surface area (TPSA) is 58.2 Å². The van der Waals surface area contributed by atoms with Gasteiger partial charge >= 0.3 is 0 Å². The highest BCUT2D eigenvalue weighted by atomic mass is 32.1. The van der Waals surface area contributed by atoms with Crippen LogP contribution >= 0.6 is 22.7 Å². The molecule has 2 aliphatic rings. The van der Waals surface area contributed by atoms with Crippen molar-refractivity contribution >= 4 is 70.2 Å². The average molecular weight is 505 g/mol. The summed E-state index contributed by atoms with van der Waals surface area (Å²) in [5.41, 5.74) is 5.58. The molecule has 0 fully saturated rings. The van der Waals surface area contributed by atoms with Crippen LogP contribution < -0.4 is 10.6 Å². The van der Waals surface area contributed by atoms with Crippen LogP contribution in [0.4, 0.5) is 0 Å². The van der Waals surface area contributed by atoms with Gasteiger partial charge in [-0.1, -0.05) is 72.8 Å². The number of rotatable bonds is 6. The summed E-state index contributed by atoms with van der Waals surface area (Å²) in [6, 6.07) is 23.8. The van der Waals surface area contributed by atoms with Gasteiger partial charge in [0.2, 0.25) is 0 Å². The Morgan fingerprint density at radius 2 is 0.944 bits per heavy atom. The standard InChI is InChI=1S/C30H20N2O2S2/c33-29-25-26(28(32-29)22-13-7-20(8-14-22)10-16-24-4-2-18-36-24)30(34)31-27(25)21-11-5-19(6-12-21)9-15-23-3-1-17-35-23/h1-18H,(H,31,34)(H,32,33)/b15-9+,16-10+. The van der Waals surface area contributed by atoms with Crippen molar-refractivity contribution in [2.45, 2.75) is 0 Å². The second kappa shape index (κ2) is 9.41. The van der Waals surface area contributed by atoms with Crippen LogP contribution in [0.3, 0.4) is 0 Å². The van der Waals surface area contributed by atoms with Gasteiger partial charge in [-0.3, -0.25) is 9.59 Å². The van der Waals surface area contributed by atoms with E-state index < -0.39 is 0 Å². The van der Waals surface area contributed by atoms with E-state index in [9.17, 15) is 9.59 Å². The van der Waals surface area contributed by atoms with Gasteiger partial charge in [-0.05, 0) is 57.3 Å². The minimum absolute atomic E-state index is 0.267. The predicted molar refractivity (Wildman–Crippen MR) is 150 cm³/mol. The molecular weight excluding hydrogens is 484 g/mol. The van der Waals surface area contributed by atoms with Gasteiger partial charge < -0.3 is 10.6 Å². The van der Waals surface area contributed by atoms with E-state index in [1.807, 2.05) is 83.6 Å². The summed E-state index contributed by atoms with van der Waals surface area (Å²) in [5.74, 6) is -0.534. The van der Waals surface area contributed by atoms with Crippen LogP contribution in [0.5, 0.6) is 0 Å². The lowest BCUT2D eigenvalue weighted by molar-refractivity contribution is -0.117. The molecular formula is C30H20N2O2S2. The van der Waals surface area contributed by atoms with Gasteiger partial charge in [-0.15, -0.1) is 22.7 Å². The third-order valence-corrected chi connectivity index (χ3v) is 7.72. The van der Waals surface area contributed by atoms with Crippen molar-refractivity contribution in [3.8, 4) is 0 Å². The van der Waals surface area contributed by atoms with Gasteiger partial charge in [0.25, 0.3) is 11.8 Å². The monoisotopic (exact) mass is 504 g/mol. The van der Waals surface area contributed by atoms with Crippen LogP contribution in [0.15, 0.2) is 94.7 Å². The van der Waals surface area contributed by atoms with Crippen LogP contribution in [-0.4, -0.2) is 11.8 Å². The molecule has 0 bridgehead atoms. The quantitative estimate of drug-likeness (QED) is 0.314. The smallest absolute Gasteiger partial charge is 0.258 e. The van der Waals surface area contributed by atoms with Gasteiger partial charge in [-0.25, -0.2) is 0 Å². The van der Waals surface area contributed by atoms with Crippen LogP contribution in [0, 0.1) is 0 Å². The first kappa shape index (κ1) is 22.2. The molecule has 2 N–H and O–H groups in total. The first-order chi connectivity index (χ1) is 17.7. The van der Waals surface area contributed by atoms with Gasteiger partial charge in [0, 0.05) is 9.75 Å². The van der Waals surface area contributed by atoms with E-state index in [1.54, 1.807) is 22.7 Å². The molecule has 0 saturated heterocycles. The van der Waals surface area contributed by atoms with E-state index in [0.717, 1.165) is 22.3 Å². The SMILES string of the molecule is O=C1NC(c2ccc(/C=C/c3cccs3)cc2)=C2C(=O)NC(c3ccc(/C=C/c4cccs4)cc3)=C12. The van der Waals surface area contributed by atoms with Crippen molar-refractivity contribution in [1.82, 2.24) is 10.6 Å². The Bertz CT molecular complexity index is 1450. The van der Waals surface area contributed by atoms with E-state index in [2.05, 4.69) is 34.9 Å². The van der Waals surface area contributed by atoms with E-state index in [-0.39, 0.29) is 11.8 Å². The van der Waals surface area contributed by atoms with E-state index >= 15 is 0 Å². The Morgan fingerprint density at radius 3 is 1.31 bits per heavy atom. The number of hydrogen-bond donors (Lipinski definition) is 2. The number of carbonyl (C=O) groups is 2. The van der Waals surface area contributed by atoms with Crippen molar-refractivity contribution in [2.75, 3.05) is 0 Å². The van der Waals surface area contributed by atoms with E-state index in [1.165, 1.54) is 9.75 Å². The Hall–Kier alpha value is -4.26. The lowest BCUT2D eigenvalue weighted by Crippen LogP contribution is -2.21. The molecule has 2 amide bonds. The molecule has 174 valence electrons. The normalized spacial score (nSPS) is 15.3. The molecule has 0 saturated carbocycles. The van der Waals surface area contributed by atoms with Gasteiger partial charge in [-0.2, -0.15) is 0 Å². The fourth-order valence-corrected chi connectivity index (χ4v) is 5.50. The Balaban J connectivity index is 1.28. The van der Waals surface area contributed by atoms with Gasteiger partial charge in [0.15, 0.2) is 0 Å². The third-order valence-electron chi connectivity index (χ3n) is 6.05. The molecule has 0 atom stereocenters. The second-order valence-corrected chi connectivity index (χ2v) is 10.3. The first-order valence-electron chi connectivity index (χ1n) is 11.4.